The van der Waals surface area contributed by atoms with E-state index in [4.69, 9.17) is 0 Å². The predicted octanol–water partition coefficient (Wildman–Crippen LogP) is 3.61. The van der Waals surface area contributed by atoms with Crippen LogP contribution in [0.25, 0.3) is 0 Å². The molecule has 0 aliphatic heterocycles. The van der Waals surface area contributed by atoms with E-state index in [1.54, 1.807) is 0 Å². The molecule has 0 aromatic carbocycles. The molecule has 0 aromatic heterocycles. The van der Waals surface area contributed by atoms with Crippen LogP contribution < -0.4 is 0 Å². The molecule has 1 aliphatic carbocycles. The van der Waals surface area contributed by atoms with Crippen LogP contribution in [0.2, 0.25) is 0 Å². The van der Waals surface area contributed by atoms with Gasteiger partial charge in [0.25, 0.3) is 0 Å². The van der Waals surface area contributed by atoms with Gasteiger partial charge in [0.15, 0.2) is 0 Å². The molecule has 1 rings (SSSR count). The molecule has 1 fully saturated rings. The quantitative estimate of drug-likeness (QED) is 0.549. The third-order valence-corrected chi connectivity index (χ3v) is 2.95. The summed E-state index contributed by atoms with van der Waals surface area (Å²) in [5.41, 5.74) is 0. The van der Waals surface area contributed by atoms with E-state index in [0.717, 1.165) is 11.8 Å². The normalized spacial score (nSPS) is 34.2. The number of hydrogen-bond donors (Lipinski definition) is 0. The van der Waals surface area contributed by atoms with Crippen LogP contribution >= 0.6 is 0 Å². The van der Waals surface area contributed by atoms with E-state index < -0.39 is 0 Å². The molecule has 0 amide bonds. The molecule has 60 valence electrons. The molecule has 1 saturated carbocycles. The Morgan fingerprint density at radius 1 is 1.20 bits per heavy atom. The van der Waals surface area contributed by atoms with E-state index in [0.29, 0.717) is 0 Å². The summed E-state index contributed by atoms with van der Waals surface area (Å²) in [6.45, 7) is 4.74. The maximum Gasteiger partial charge on any atom is -0.0389 e. The summed E-state index contributed by atoms with van der Waals surface area (Å²) in [6.07, 6.45) is 8.84. The van der Waals surface area contributed by atoms with Gasteiger partial charge < -0.3 is 0 Å². The lowest BCUT2D eigenvalue weighted by Crippen LogP contribution is -2.15. The highest BCUT2D eigenvalue weighted by molar-refractivity contribution is 4.71. The second-order valence-electron chi connectivity index (χ2n) is 3.81. The van der Waals surface area contributed by atoms with Crippen LogP contribution in [0.4, 0.5) is 0 Å². The van der Waals surface area contributed by atoms with Crippen molar-refractivity contribution in [1.29, 1.82) is 0 Å². The molecule has 0 radical (unpaired) electrons. The van der Waals surface area contributed by atoms with Gasteiger partial charge in [-0.25, -0.2) is 0 Å². The van der Waals surface area contributed by atoms with Gasteiger partial charge in [-0.15, -0.1) is 0 Å². The molecule has 0 heteroatoms. The van der Waals surface area contributed by atoms with Gasteiger partial charge in [-0.2, -0.15) is 0 Å². The Morgan fingerprint density at radius 2 is 1.90 bits per heavy atom. The Labute approximate surface area is 65.0 Å². The summed E-state index contributed by atoms with van der Waals surface area (Å²) in [6, 6.07) is 0. The molecular weight excluding hydrogens is 120 g/mol. The average Bonchev–Trinajstić information content (AvgIpc) is 1.94. The third kappa shape index (κ3) is 2.00. The standard InChI is InChI=1S/C10H20/c1-3-6-10-8-5-4-7-9(10)2/h9-10H,3-8H2,1-2H3/t9-,10?/m0/s1. The van der Waals surface area contributed by atoms with Gasteiger partial charge in [0.2, 0.25) is 0 Å². The molecule has 0 saturated heterocycles. The predicted molar refractivity (Wildman–Crippen MR) is 46.0 cm³/mol. The third-order valence-electron chi connectivity index (χ3n) is 2.95. The van der Waals surface area contributed by atoms with Crippen molar-refractivity contribution in [2.24, 2.45) is 11.8 Å². The molecule has 10 heavy (non-hydrogen) atoms. The lowest BCUT2D eigenvalue weighted by molar-refractivity contribution is 0.240. The van der Waals surface area contributed by atoms with Crippen molar-refractivity contribution < 1.29 is 0 Å². The fourth-order valence-corrected chi connectivity index (χ4v) is 2.19. The van der Waals surface area contributed by atoms with Gasteiger partial charge in [0.1, 0.15) is 0 Å². The first-order chi connectivity index (χ1) is 4.84. The first-order valence-electron chi connectivity index (χ1n) is 4.84. The Morgan fingerprint density at radius 3 is 2.50 bits per heavy atom. The van der Waals surface area contributed by atoms with Gasteiger partial charge in [-0.05, 0) is 11.8 Å². The maximum atomic E-state index is 2.43. The highest BCUT2D eigenvalue weighted by Gasteiger charge is 2.19. The second kappa shape index (κ2) is 4.00. The van der Waals surface area contributed by atoms with E-state index in [2.05, 4.69) is 13.8 Å². The summed E-state index contributed by atoms with van der Waals surface area (Å²) in [5, 5.41) is 0. The fraction of sp³-hybridized carbons (Fsp3) is 1.00. The lowest BCUT2D eigenvalue weighted by atomic mass is 9.78. The van der Waals surface area contributed by atoms with Crippen LogP contribution in [0.15, 0.2) is 0 Å². The first kappa shape index (κ1) is 8.10. The van der Waals surface area contributed by atoms with Gasteiger partial charge >= 0.3 is 0 Å². The minimum Gasteiger partial charge on any atom is -0.0654 e. The average molecular weight is 140 g/mol. The molecule has 0 heterocycles. The largest absolute Gasteiger partial charge is 0.0654 e. The van der Waals surface area contributed by atoms with E-state index in [1.165, 1.54) is 38.5 Å². The van der Waals surface area contributed by atoms with Crippen LogP contribution in [0.3, 0.4) is 0 Å². The molecule has 0 aromatic rings. The molecular formula is C10H20. The van der Waals surface area contributed by atoms with Crippen LogP contribution in [-0.2, 0) is 0 Å². The molecule has 1 unspecified atom stereocenters. The topological polar surface area (TPSA) is 0 Å². The van der Waals surface area contributed by atoms with Crippen molar-refractivity contribution in [2.75, 3.05) is 0 Å². The van der Waals surface area contributed by atoms with Crippen molar-refractivity contribution in [1.82, 2.24) is 0 Å². The Kier molecular flexibility index (Phi) is 3.24. The molecule has 0 bridgehead atoms. The summed E-state index contributed by atoms with van der Waals surface area (Å²) in [5.74, 6) is 2.09. The van der Waals surface area contributed by atoms with E-state index in [-0.39, 0.29) is 0 Å². The van der Waals surface area contributed by atoms with Gasteiger partial charge in [0, 0.05) is 0 Å². The van der Waals surface area contributed by atoms with Crippen LogP contribution in [0.5, 0.6) is 0 Å². The Bertz CT molecular complexity index is 84.0. The first-order valence-corrected chi connectivity index (χ1v) is 4.84. The summed E-state index contributed by atoms with van der Waals surface area (Å²) < 4.78 is 0. The van der Waals surface area contributed by atoms with Gasteiger partial charge in [0.05, 0.1) is 0 Å². The summed E-state index contributed by atoms with van der Waals surface area (Å²) >= 11 is 0. The fourth-order valence-electron chi connectivity index (χ4n) is 2.19. The molecule has 0 spiro atoms. The SMILES string of the molecule is CCCC1CCCC[C@@H]1C. The van der Waals surface area contributed by atoms with Crippen LogP contribution in [0, 0.1) is 11.8 Å². The van der Waals surface area contributed by atoms with Crippen molar-refractivity contribution in [3.05, 3.63) is 0 Å². The highest BCUT2D eigenvalue weighted by Crippen LogP contribution is 2.32. The Balaban J connectivity index is 2.25. The molecule has 0 N–H and O–H groups in total. The van der Waals surface area contributed by atoms with E-state index >= 15 is 0 Å². The summed E-state index contributed by atoms with van der Waals surface area (Å²) in [4.78, 5) is 0. The monoisotopic (exact) mass is 140 g/mol. The highest BCUT2D eigenvalue weighted by atomic mass is 14.2. The van der Waals surface area contributed by atoms with Crippen molar-refractivity contribution in [2.45, 2.75) is 52.4 Å². The van der Waals surface area contributed by atoms with Crippen LogP contribution in [0.1, 0.15) is 52.4 Å². The number of rotatable bonds is 2. The second-order valence-corrected chi connectivity index (χ2v) is 3.81. The number of hydrogen-bond acceptors (Lipinski definition) is 0. The zero-order valence-corrected chi connectivity index (χ0v) is 7.40. The lowest BCUT2D eigenvalue weighted by Gasteiger charge is -2.28. The van der Waals surface area contributed by atoms with Gasteiger partial charge in [-0.1, -0.05) is 52.4 Å². The Hall–Kier alpha value is 0. The van der Waals surface area contributed by atoms with Crippen molar-refractivity contribution in [3.63, 3.8) is 0 Å². The molecule has 0 nitrogen and oxygen atoms in total. The van der Waals surface area contributed by atoms with Crippen molar-refractivity contribution in [3.8, 4) is 0 Å². The maximum absolute atomic E-state index is 2.43. The van der Waals surface area contributed by atoms with Crippen LogP contribution in [-0.4, -0.2) is 0 Å². The van der Waals surface area contributed by atoms with E-state index in [9.17, 15) is 0 Å². The van der Waals surface area contributed by atoms with Gasteiger partial charge in [-0.3, -0.25) is 0 Å². The zero-order valence-electron chi connectivity index (χ0n) is 7.40. The van der Waals surface area contributed by atoms with E-state index in [1.807, 2.05) is 0 Å². The minimum atomic E-state index is 1.02. The smallest absolute Gasteiger partial charge is 0.0389 e. The minimum absolute atomic E-state index is 1.02. The molecule has 2 atom stereocenters. The molecule has 1 aliphatic rings. The zero-order chi connectivity index (χ0) is 7.40. The summed E-state index contributed by atoms with van der Waals surface area (Å²) in [7, 11) is 0. The van der Waals surface area contributed by atoms with Crippen molar-refractivity contribution >= 4 is 0 Å².